The van der Waals surface area contributed by atoms with Crippen molar-refractivity contribution in [2.75, 3.05) is 13.1 Å². The first-order valence-electron chi connectivity index (χ1n) is 9.97. The van der Waals surface area contributed by atoms with Crippen LogP contribution in [0.5, 0.6) is 0 Å². The van der Waals surface area contributed by atoms with Gasteiger partial charge in [-0.05, 0) is 38.8 Å². The number of carbonyl (C=O) groups is 2. The molecule has 156 valence electrons. The summed E-state index contributed by atoms with van der Waals surface area (Å²) in [5, 5.41) is 11.5. The Hall–Kier alpha value is -3.49. The molecule has 0 saturated carbocycles. The topological polar surface area (TPSA) is 110 Å². The number of benzene rings is 1. The second kappa shape index (κ2) is 8.10. The van der Waals surface area contributed by atoms with Gasteiger partial charge in [-0.25, -0.2) is 9.48 Å². The van der Waals surface area contributed by atoms with E-state index in [1.807, 2.05) is 19.9 Å². The van der Waals surface area contributed by atoms with Crippen molar-refractivity contribution in [3.63, 3.8) is 0 Å². The summed E-state index contributed by atoms with van der Waals surface area (Å²) in [4.78, 5) is 38.9. The molecule has 1 saturated heterocycles. The molecule has 1 fully saturated rings. The molecule has 1 aliphatic rings. The third-order valence-electron chi connectivity index (χ3n) is 5.16. The molecule has 4 rings (SSSR count). The second-order valence-electron chi connectivity index (χ2n) is 7.72. The van der Waals surface area contributed by atoms with Crippen LogP contribution in [0.25, 0.3) is 11.0 Å². The van der Waals surface area contributed by atoms with Gasteiger partial charge in [-0.15, -0.1) is 5.10 Å². The fourth-order valence-electron chi connectivity index (χ4n) is 3.61. The number of nitrogens with one attached hydrogen (secondary N) is 1. The van der Waals surface area contributed by atoms with Crippen LogP contribution in [0.15, 0.2) is 45.7 Å². The predicted octanol–water partition coefficient (Wildman–Crippen LogP) is 2.00. The van der Waals surface area contributed by atoms with E-state index in [2.05, 4.69) is 15.6 Å². The number of para-hydroxylation sites is 1. The number of rotatable bonds is 4. The number of piperidine rings is 1. The molecule has 2 aromatic heterocycles. The van der Waals surface area contributed by atoms with Gasteiger partial charge in [0, 0.05) is 24.5 Å². The normalized spacial score (nSPS) is 15.0. The number of aromatic nitrogens is 3. The fraction of sp³-hybridized carbons (Fsp3) is 0.381. The molecule has 30 heavy (non-hydrogen) atoms. The predicted molar refractivity (Wildman–Crippen MR) is 109 cm³/mol. The maximum Gasteiger partial charge on any atom is 0.349 e. The molecule has 2 amide bonds. The summed E-state index contributed by atoms with van der Waals surface area (Å²) in [6.07, 6.45) is 2.94. The first-order valence-corrected chi connectivity index (χ1v) is 9.97. The van der Waals surface area contributed by atoms with Crippen molar-refractivity contribution in [3.8, 4) is 0 Å². The van der Waals surface area contributed by atoms with Crippen molar-refractivity contribution in [1.82, 2.24) is 25.2 Å². The highest BCUT2D eigenvalue weighted by Crippen LogP contribution is 2.23. The lowest BCUT2D eigenvalue weighted by Gasteiger charge is -2.31. The van der Waals surface area contributed by atoms with Crippen LogP contribution >= 0.6 is 0 Å². The third-order valence-corrected chi connectivity index (χ3v) is 5.16. The van der Waals surface area contributed by atoms with E-state index in [4.69, 9.17) is 4.42 Å². The molecule has 0 unspecified atom stereocenters. The Kier molecular flexibility index (Phi) is 5.35. The number of hydrogen-bond donors (Lipinski definition) is 1. The third kappa shape index (κ3) is 3.96. The Morgan fingerprint density at radius 1 is 1.20 bits per heavy atom. The van der Waals surface area contributed by atoms with E-state index < -0.39 is 5.63 Å². The molecular formula is C21H23N5O4. The van der Waals surface area contributed by atoms with E-state index in [1.165, 1.54) is 0 Å². The lowest BCUT2D eigenvalue weighted by atomic mass is 10.0. The molecule has 3 aromatic rings. The van der Waals surface area contributed by atoms with Crippen LogP contribution in [-0.4, -0.2) is 50.8 Å². The van der Waals surface area contributed by atoms with Crippen molar-refractivity contribution in [3.05, 3.63) is 58.2 Å². The standard InChI is InChI=1S/C21H23N5O4/c1-13(2)22-19(27)17-12-26(24-23-17)15-7-9-25(10-8-15)20(28)16-11-14-5-3-4-6-18(14)30-21(16)29/h3-6,11-13,15H,7-10H2,1-2H3,(H,22,27). The molecule has 0 atom stereocenters. The highest BCUT2D eigenvalue weighted by atomic mass is 16.4. The molecular weight excluding hydrogens is 386 g/mol. The summed E-state index contributed by atoms with van der Waals surface area (Å²) in [6, 6.07) is 8.76. The molecule has 9 nitrogen and oxygen atoms in total. The van der Waals surface area contributed by atoms with Gasteiger partial charge in [0.15, 0.2) is 5.69 Å². The van der Waals surface area contributed by atoms with Crippen molar-refractivity contribution in [2.24, 2.45) is 0 Å². The molecule has 1 aliphatic heterocycles. The maximum absolute atomic E-state index is 12.9. The van der Waals surface area contributed by atoms with E-state index >= 15 is 0 Å². The monoisotopic (exact) mass is 409 g/mol. The van der Waals surface area contributed by atoms with Crippen LogP contribution < -0.4 is 10.9 Å². The Bertz CT molecular complexity index is 1140. The van der Waals surface area contributed by atoms with Gasteiger partial charge in [-0.3, -0.25) is 9.59 Å². The van der Waals surface area contributed by atoms with Gasteiger partial charge < -0.3 is 14.6 Å². The highest BCUT2D eigenvalue weighted by Gasteiger charge is 2.28. The zero-order chi connectivity index (χ0) is 21.3. The van der Waals surface area contributed by atoms with Crippen molar-refractivity contribution >= 4 is 22.8 Å². The smallest absolute Gasteiger partial charge is 0.349 e. The van der Waals surface area contributed by atoms with E-state index in [9.17, 15) is 14.4 Å². The van der Waals surface area contributed by atoms with Gasteiger partial charge in [-0.1, -0.05) is 23.4 Å². The molecule has 3 heterocycles. The average Bonchev–Trinajstić information content (AvgIpc) is 3.23. The summed E-state index contributed by atoms with van der Waals surface area (Å²) in [6.45, 7) is 4.71. The van der Waals surface area contributed by atoms with E-state index in [1.54, 1.807) is 40.0 Å². The van der Waals surface area contributed by atoms with Crippen LogP contribution in [-0.2, 0) is 0 Å². The largest absolute Gasteiger partial charge is 0.422 e. The van der Waals surface area contributed by atoms with Crippen LogP contribution in [0.3, 0.4) is 0 Å². The van der Waals surface area contributed by atoms with Gasteiger partial charge in [0.1, 0.15) is 11.1 Å². The minimum atomic E-state index is -0.627. The second-order valence-corrected chi connectivity index (χ2v) is 7.72. The number of likely N-dealkylation sites (tertiary alicyclic amines) is 1. The Balaban J connectivity index is 1.43. The number of amides is 2. The molecule has 0 spiro atoms. The van der Waals surface area contributed by atoms with Crippen LogP contribution in [0.4, 0.5) is 0 Å². The molecule has 1 N–H and O–H groups in total. The quantitative estimate of drug-likeness (QED) is 0.660. The van der Waals surface area contributed by atoms with E-state index in [0.717, 1.165) is 0 Å². The summed E-state index contributed by atoms with van der Waals surface area (Å²) < 4.78 is 6.97. The maximum atomic E-state index is 12.9. The summed E-state index contributed by atoms with van der Waals surface area (Å²) in [7, 11) is 0. The van der Waals surface area contributed by atoms with Gasteiger partial charge in [0.05, 0.1) is 12.2 Å². The number of nitrogens with zero attached hydrogens (tertiary/aromatic N) is 4. The minimum absolute atomic E-state index is 0.0182. The lowest BCUT2D eigenvalue weighted by molar-refractivity contribution is 0.0685. The van der Waals surface area contributed by atoms with Gasteiger partial charge in [0.2, 0.25) is 0 Å². The Labute approximate surface area is 172 Å². The highest BCUT2D eigenvalue weighted by molar-refractivity contribution is 5.96. The van der Waals surface area contributed by atoms with Crippen LogP contribution in [0.2, 0.25) is 0 Å². The summed E-state index contributed by atoms with van der Waals surface area (Å²) in [5.74, 6) is -0.588. The summed E-state index contributed by atoms with van der Waals surface area (Å²) >= 11 is 0. The number of fused-ring (bicyclic) bond motifs is 1. The van der Waals surface area contributed by atoms with E-state index in [-0.39, 0.29) is 35.2 Å². The molecule has 0 radical (unpaired) electrons. The Morgan fingerprint density at radius 2 is 1.93 bits per heavy atom. The average molecular weight is 409 g/mol. The van der Waals surface area contributed by atoms with Crippen molar-refractivity contribution in [1.29, 1.82) is 0 Å². The van der Waals surface area contributed by atoms with E-state index in [0.29, 0.717) is 36.9 Å². The zero-order valence-electron chi connectivity index (χ0n) is 16.9. The van der Waals surface area contributed by atoms with Gasteiger partial charge >= 0.3 is 5.63 Å². The summed E-state index contributed by atoms with van der Waals surface area (Å²) in [5.41, 5.74) is 0.149. The first kappa shape index (κ1) is 19.8. The molecule has 0 bridgehead atoms. The van der Waals surface area contributed by atoms with Gasteiger partial charge in [0.25, 0.3) is 11.8 Å². The number of hydrogen-bond acceptors (Lipinski definition) is 6. The lowest BCUT2D eigenvalue weighted by Crippen LogP contribution is -2.40. The molecule has 9 heteroatoms. The van der Waals surface area contributed by atoms with Crippen molar-refractivity contribution in [2.45, 2.75) is 38.8 Å². The van der Waals surface area contributed by atoms with Crippen LogP contribution in [0.1, 0.15) is 53.6 Å². The SMILES string of the molecule is CC(C)NC(=O)c1cn(C2CCN(C(=O)c3cc4ccccc4oc3=O)CC2)nn1. The first-order chi connectivity index (χ1) is 14.4. The minimum Gasteiger partial charge on any atom is -0.422 e. The van der Waals surface area contributed by atoms with Crippen LogP contribution in [0, 0.1) is 0 Å². The Morgan fingerprint density at radius 3 is 2.67 bits per heavy atom. The number of carbonyl (C=O) groups excluding carboxylic acids is 2. The van der Waals surface area contributed by atoms with Gasteiger partial charge in [-0.2, -0.15) is 0 Å². The fourth-order valence-corrected chi connectivity index (χ4v) is 3.61. The molecule has 1 aromatic carbocycles. The van der Waals surface area contributed by atoms with Crippen molar-refractivity contribution < 1.29 is 14.0 Å². The zero-order valence-corrected chi connectivity index (χ0v) is 16.9. The molecule has 0 aliphatic carbocycles.